The maximum absolute atomic E-state index is 12.9. The van der Waals surface area contributed by atoms with Crippen molar-refractivity contribution in [1.82, 2.24) is 118 Å². The Morgan fingerprint density at radius 2 is 0.545 bits per heavy atom. The van der Waals surface area contributed by atoms with Crippen molar-refractivity contribution in [2.45, 2.75) is 200 Å². The average Bonchev–Trinajstić information content (AvgIpc) is 1.60. The second kappa shape index (κ2) is 49.7. The van der Waals surface area contributed by atoms with Gasteiger partial charge in [-0.25, -0.2) is 48.9 Å². The van der Waals surface area contributed by atoms with E-state index in [-0.39, 0.29) is 56.2 Å². The molecule has 134 heavy (non-hydrogen) atoms. The normalized spacial score (nSPS) is 11.7. The molecular weight excluding hydrogens is 1720 g/mol. The molecule has 3 aromatic carbocycles. The van der Waals surface area contributed by atoms with Crippen LogP contribution in [0, 0.1) is 13.8 Å². The van der Waals surface area contributed by atoms with Crippen molar-refractivity contribution in [3.05, 3.63) is 205 Å². The molecule has 0 unspecified atom stereocenters. The molecule has 13 rings (SSSR count). The fourth-order valence-electron chi connectivity index (χ4n) is 17.0. The summed E-state index contributed by atoms with van der Waals surface area (Å²) < 4.78 is 22.8. The third kappa shape index (κ3) is 24.2. The van der Waals surface area contributed by atoms with Crippen LogP contribution in [-0.2, 0) is 110 Å². The van der Waals surface area contributed by atoms with E-state index in [1.807, 2.05) is 110 Å². The second-order valence-electron chi connectivity index (χ2n) is 34.5. The van der Waals surface area contributed by atoms with Crippen LogP contribution < -0.4 is 56.2 Å². The summed E-state index contributed by atoms with van der Waals surface area (Å²) in [4.78, 5) is 160. The second-order valence-corrected chi connectivity index (χ2v) is 34.9. The van der Waals surface area contributed by atoms with Crippen molar-refractivity contribution in [3.63, 3.8) is 0 Å². The lowest BCUT2D eigenvalue weighted by Crippen LogP contribution is -2.38. The van der Waals surface area contributed by atoms with Gasteiger partial charge in [-0.15, -0.1) is 0 Å². The van der Waals surface area contributed by atoms with Crippen molar-refractivity contribution in [3.8, 4) is 34.2 Å². The topological polar surface area (TPSA) is 325 Å². The lowest BCUT2D eigenvalue weighted by Gasteiger charge is -2.22. The zero-order valence-electron chi connectivity index (χ0n) is 83.8. The van der Waals surface area contributed by atoms with Gasteiger partial charge in [-0.2, -0.15) is 0 Å². The molecule has 0 fully saturated rings. The summed E-state index contributed by atoms with van der Waals surface area (Å²) >= 11 is 6.02. The number of aromatic nitrogens is 20. The van der Waals surface area contributed by atoms with E-state index in [9.17, 15) is 47.9 Å². The van der Waals surface area contributed by atoms with Crippen molar-refractivity contribution in [2.75, 3.05) is 98.2 Å². The van der Waals surface area contributed by atoms with Crippen LogP contribution in [-0.4, -0.2) is 216 Å². The van der Waals surface area contributed by atoms with E-state index >= 15 is 0 Å². The third-order valence-electron chi connectivity index (χ3n) is 25.6. The zero-order chi connectivity index (χ0) is 98.2. The fraction of sp³-hybridized carbons (Fsp3) is 0.561. The minimum Gasteiger partial charge on any atom is -0.322 e. The molecule has 0 N–H and O–H groups in total. The van der Waals surface area contributed by atoms with E-state index in [2.05, 4.69) is 114 Å². The van der Waals surface area contributed by atoms with Crippen molar-refractivity contribution in [1.29, 1.82) is 0 Å². The summed E-state index contributed by atoms with van der Waals surface area (Å²) in [6.45, 7) is 45.7. The standard InChI is InChI=1S/C21H37N5O2.C20H27N5O2.C19H24ClN5O2.C19H25N5O2.C19H33N5O2/c1-6-9-13-25(14-10-7-2)15-11-12-16-26-17(8-3)22-19-18(26)20(27)24(5)21(28)23(19)4;1-6-24(7-2)12-13-25-16-18(22(4)20(27)23(5)19(16)26)21-17(25)15-10-8-14(3)9-11-15;1-5-24(6-2)11-12-25-15-17(22(3)19(27)23(4)18(15)26)21-16(25)13-7-9-14(20)10-8-13;1-5-23(6-2)12-13-24-15-17(21(3)19(26)22(4)18(15)25)20-16(24)14-10-8-7-9-11-14;1-6-8-11-23(12-9-7-2)13-10-14-24-15(3)20-17-16(24)18(25)22(5)19(26)21(17)4/h6-16H2,1-5H3;8-11H,6-7,12-13H2,1-5H3;7-10H,5-6,11-12H2,1-4H3;7-11H,5-6,12-13H2,1-4H3;6-14H2,1-5H3. The molecule has 10 aromatic heterocycles. The van der Waals surface area contributed by atoms with Crippen LogP contribution in [0.5, 0.6) is 0 Å². The fourth-order valence-corrected chi connectivity index (χ4v) is 17.1. The van der Waals surface area contributed by atoms with E-state index in [1.54, 1.807) is 47.4 Å². The van der Waals surface area contributed by atoms with Gasteiger partial charge in [-0.3, -0.25) is 69.6 Å². The van der Waals surface area contributed by atoms with Crippen LogP contribution in [0.15, 0.2) is 127 Å². The number of imidazole rings is 5. The van der Waals surface area contributed by atoms with Crippen LogP contribution in [0.1, 0.15) is 164 Å². The van der Waals surface area contributed by atoms with Gasteiger partial charge in [-0.1, -0.05) is 174 Å². The molecule has 13 aromatic rings. The van der Waals surface area contributed by atoms with E-state index in [1.165, 1.54) is 127 Å². The van der Waals surface area contributed by atoms with Gasteiger partial charge < -0.3 is 47.3 Å². The van der Waals surface area contributed by atoms with Gasteiger partial charge >= 0.3 is 28.4 Å². The van der Waals surface area contributed by atoms with Gasteiger partial charge in [-0.05, 0) is 162 Å². The van der Waals surface area contributed by atoms with Crippen molar-refractivity contribution < 1.29 is 0 Å². The lowest BCUT2D eigenvalue weighted by molar-refractivity contribution is 0.257. The van der Waals surface area contributed by atoms with Crippen LogP contribution >= 0.6 is 11.6 Å². The molecule has 0 aliphatic rings. The number of unbranched alkanes of at least 4 members (excludes halogenated alkanes) is 5. The van der Waals surface area contributed by atoms with E-state index in [4.69, 9.17) is 16.6 Å². The van der Waals surface area contributed by atoms with Gasteiger partial charge in [0.15, 0.2) is 55.8 Å². The number of aryl methyl sites for hydroxylation is 10. The van der Waals surface area contributed by atoms with Gasteiger partial charge in [0, 0.05) is 151 Å². The molecule has 0 saturated carbocycles. The van der Waals surface area contributed by atoms with Gasteiger partial charge in [0.2, 0.25) is 0 Å². The number of nitrogens with zero attached hydrogens (tertiary/aromatic N) is 25. The molecule has 0 bridgehead atoms. The number of hydrogen-bond acceptors (Lipinski definition) is 20. The summed E-state index contributed by atoms with van der Waals surface area (Å²) in [5.74, 6) is 3.75. The largest absolute Gasteiger partial charge is 0.332 e. The summed E-state index contributed by atoms with van der Waals surface area (Å²) in [7, 11) is 15.9. The maximum Gasteiger partial charge on any atom is 0.332 e. The van der Waals surface area contributed by atoms with Crippen LogP contribution in [0.25, 0.3) is 90.0 Å². The number of likely N-dealkylation sites (N-methyl/N-ethyl adjacent to an activating group) is 3. The Morgan fingerprint density at radius 1 is 0.269 bits per heavy atom. The van der Waals surface area contributed by atoms with Crippen molar-refractivity contribution in [2.24, 2.45) is 70.5 Å². The molecule has 0 saturated heterocycles. The molecule has 0 spiro atoms. The number of fused-ring (bicyclic) bond motifs is 5. The van der Waals surface area contributed by atoms with E-state index in [0.717, 1.165) is 182 Å². The molecule has 0 aliphatic heterocycles. The molecule has 0 aliphatic carbocycles. The Bertz CT molecular complexity index is 6580. The number of halogens is 1. The first-order valence-corrected chi connectivity index (χ1v) is 48.3. The predicted molar refractivity (Wildman–Crippen MR) is 541 cm³/mol. The average molecular weight is 1870 g/mol. The molecular formula is C98H146ClN25O10. The van der Waals surface area contributed by atoms with Gasteiger partial charge in [0.1, 0.15) is 29.1 Å². The Hall–Kier alpha value is -11.5. The minimum absolute atomic E-state index is 0.252. The first-order valence-electron chi connectivity index (χ1n) is 47.9. The van der Waals surface area contributed by atoms with Crippen LogP contribution in [0.3, 0.4) is 0 Å². The number of hydrogen-bond donors (Lipinski definition) is 0. The Balaban J connectivity index is 0.000000188. The molecule has 730 valence electrons. The van der Waals surface area contributed by atoms with E-state index in [0.29, 0.717) is 92.1 Å². The highest BCUT2D eigenvalue weighted by molar-refractivity contribution is 6.30. The summed E-state index contributed by atoms with van der Waals surface area (Å²) in [5, 5.41) is 0.632. The summed E-state index contributed by atoms with van der Waals surface area (Å²) in [6, 6.07) is 25.2. The van der Waals surface area contributed by atoms with Gasteiger partial charge in [0.05, 0.1) is 0 Å². The lowest BCUT2D eigenvalue weighted by atomic mass is 10.1. The van der Waals surface area contributed by atoms with Crippen molar-refractivity contribution >= 4 is 67.4 Å². The van der Waals surface area contributed by atoms with Gasteiger partial charge in [0.25, 0.3) is 27.8 Å². The Kier molecular flexibility index (Phi) is 39.3. The molecule has 0 radical (unpaired) electrons. The number of rotatable bonds is 40. The molecule has 0 amide bonds. The molecule has 0 atom stereocenters. The highest BCUT2D eigenvalue weighted by Gasteiger charge is 2.27. The molecule has 10 heterocycles. The number of benzene rings is 3. The molecule has 36 heteroatoms. The Labute approximate surface area is 789 Å². The summed E-state index contributed by atoms with van der Waals surface area (Å²) in [6.07, 6.45) is 13.6. The maximum atomic E-state index is 12.9. The third-order valence-corrected chi connectivity index (χ3v) is 25.9. The Morgan fingerprint density at radius 3 is 0.866 bits per heavy atom. The SMILES string of the molecule is CCCCN(CCCC)CCCCn1c(CC)nc2c1c(=O)n(C)c(=O)n2C.CCCCN(CCCC)CCCn1c(C)nc2c1c(=O)n(C)c(=O)n2C.CCN(CC)CCn1c(-c2ccc(C)cc2)nc2c1c(=O)n(C)c(=O)n2C.CCN(CC)CCn1c(-c2ccc(Cl)cc2)nc2c1c(=O)n(C)c(=O)n2C.CCN(CC)CCn1c(-c2ccccc2)nc2c1c(=O)n(C)c(=O)n2C. The van der Waals surface area contributed by atoms with Crippen LogP contribution in [0.2, 0.25) is 5.02 Å². The summed E-state index contributed by atoms with van der Waals surface area (Å²) in [5.41, 5.74) is 5.33. The highest BCUT2D eigenvalue weighted by Crippen LogP contribution is 2.28. The smallest absolute Gasteiger partial charge is 0.322 e. The van der Waals surface area contributed by atoms with Crippen LogP contribution in [0.4, 0.5) is 0 Å². The minimum atomic E-state index is -0.386. The highest BCUT2D eigenvalue weighted by atomic mass is 35.5. The van der Waals surface area contributed by atoms with E-state index < -0.39 is 0 Å². The first kappa shape index (κ1) is 106. The predicted octanol–water partition coefficient (Wildman–Crippen LogP) is 10.0. The first-order chi connectivity index (χ1) is 64.1. The quantitative estimate of drug-likeness (QED) is 0.0322. The monoisotopic (exact) mass is 1870 g/mol. The zero-order valence-corrected chi connectivity index (χ0v) is 84.5. The molecule has 35 nitrogen and oxygen atoms in total.